The lowest BCUT2D eigenvalue weighted by Crippen LogP contribution is -2.32. The lowest BCUT2D eigenvalue weighted by molar-refractivity contribution is -0.137. The lowest BCUT2D eigenvalue weighted by Gasteiger charge is -2.32. The van der Waals surface area contributed by atoms with Gasteiger partial charge < -0.3 is 4.90 Å². The third kappa shape index (κ3) is 4.44. The summed E-state index contributed by atoms with van der Waals surface area (Å²) in [6.07, 6.45) is -2.02. The number of piperidine rings is 1. The molecule has 1 nitrogen and oxygen atoms in total. The molecule has 1 fully saturated rings. The summed E-state index contributed by atoms with van der Waals surface area (Å²) in [6, 6.07) is 5.46. The summed E-state index contributed by atoms with van der Waals surface area (Å²) < 4.78 is 37.2. The van der Waals surface area contributed by atoms with Gasteiger partial charge in [-0.05, 0) is 43.0 Å². The van der Waals surface area contributed by atoms with Gasteiger partial charge in [-0.1, -0.05) is 20.8 Å². The van der Waals surface area contributed by atoms with E-state index in [2.05, 4.69) is 11.8 Å². The second kappa shape index (κ2) is 6.83. The maximum Gasteiger partial charge on any atom is 0.416 e. The van der Waals surface area contributed by atoms with Crippen molar-refractivity contribution in [3.05, 3.63) is 29.8 Å². The molecular weight excluding hydrogens is 251 g/mol. The Morgan fingerprint density at radius 3 is 1.89 bits per heavy atom. The van der Waals surface area contributed by atoms with Gasteiger partial charge in [-0.2, -0.15) is 13.2 Å². The summed E-state index contributed by atoms with van der Waals surface area (Å²) in [4.78, 5) is 2.15. The largest absolute Gasteiger partial charge is 0.416 e. The zero-order chi connectivity index (χ0) is 14.5. The number of hydrogen-bond acceptors (Lipinski definition) is 1. The Hall–Kier alpha value is -1.19. The Bertz CT molecular complexity index is 362. The van der Waals surface area contributed by atoms with Crippen LogP contribution in [0.25, 0.3) is 0 Å². The molecule has 0 bridgehead atoms. The first kappa shape index (κ1) is 15.9. The zero-order valence-corrected chi connectivity index (χ0v) is 11.8. The van der Waals surface area contributed by atoms with Gasteiger partial charge in [0.2, 0.25) is 0 Å². The Kier molecular flexibility index (Phi) is 5.70. The van der Waals surface area contributed by atoms with E-state index >= 15 is 0 Å². The molecule has 1 heterocycles. The monoisotopic (exact) mass is 273 g/mol. The highest BCUT2D eigenvalue weighted by Crippen LogP contribution is 2.31. The average molecular weight is 273 g/mol. The lowest BCUT2D eigenvalue weighted by atomic mass is 9.99. The number of benzene rings is 1. The van der Waals surface area contributed by atoms with Crippen LogP contribution in [-0.4, -0.2) is 13.1 Å². The smallest absolute Gasteiger partial charge is 0.372 e. The molecule has 0 radical (unpaired) electrons. The first-order chi connectivity index (χ1) is 8.97. The van der Waals surface area contributed by atoms with E-state index in [1.54, 1.807) is 12.1 Å². The van der Waals surface area contributed by atoms with Gasteiger partial charge in [0.15, 0.2) is 0 Å². The number of alkyl halides is 3. The molecule has 0 spiro atoms. The van der Waals surface area contributed by atoms with Crippen molar-refractivity contribution in [3.8, 4) is 0 Å². The van der Waals surface area contributed by atoms with Crippen LogP contribution in [0, 0.1) is 5.92 Å². The Labute approximate surface area is 113 Å². The van der Waals surface area contributed by atoms with Crippen molar-refractivity contribution < 1.29 is 13.2 Å². The van der Waals surface area contributed by atoms with Crippen LogP contribution < -0.4 is 4.90 Å². The normalized spacial score (nSPS) is 16.8. The third-order valence-electron chi connectivity index (χ3n) is 3.34. The summed E-state index contributed by atoms with van der Waals surface area (Å²) in [7, 11) is 0. The van der Waals surface area contributed by atoms with Crippen LogP contribution >= 0.6 is 0 Å². The molecule has 0 unspecified atom stereocenters. The van der Waals surface area contributed by atoms with Gasteiger partial charge >= 0.3 is 6.18 Å². The Morgan fingerprint density at radius 1 is 1.00 bits per heavy atom. The van der Waals surface area contributed by atoms with Crippen LogP contribution in [0.4, 0.5) is 18.9 Å². The molecule has 1 aliphatic heterocycles. The van der Waals surface area contributed by atoms with Crippen molar-refractivity contribution in [2.75, 3.05) is 18.0 Å². The maximum atomic E-state index is 12.4. The minimum absolute atomic E-state index is 0.577. The molecule has 1 saturated heterocycles. The van der Waals surface area contributed by atoms with Gasteiger partial charge in [0.25, 0.3) is 0 Å². The summed E-state index contributed by atoms with van der Waals surface area (Å²) in [5.41, 5.74) is 0.316. The minimum atomic E-state index is -4.24. The highest BCUT2D eigenvalue weighted by atomic mass is 19.4. The molecule has 4 heteroatoms. The van der Waals surface area contributed by atoms with E-state index in [1.165, 1.54) is 0 Å². The topological polar surface area (TPSA) is 3.24 Å². The molecule has 0 atom stereocenters. The number of nitrogens with zero attached hydrogens (tertiary/aromatic N) is 1. The summed E-state index contributed by atoms with van der Waals surface area (Å²) in [5.74, 6) is 0.723. The summed E-state index contributed by atoms with van der Waals surface area (Å²) in [5, 5.41) is 0. The van der Waals surface area contributed by atoms with Crippen molar-refractivity contribution >= 4 is 5.69 Å². The first-order valence-corrected chi connectivity index (χ1v) is 6.89. The number of halogens is 3. The molecule has 108 valence electrons. The molecule has 1 aromatic rings. The molecule has 2 rings (SSSR count). The summed E-state index contributed by atoms with van der Waals surface area (Å²) >= 11 is 0. The molecular formula is C15H22F3N. The molecule has 0 aromatic heterocycles. The van der Waals surface area contributed by atoms with Crippen LogP contribution in [0.2, 0.25) is 0 Å². The summed E-state index contributed by atoms with van der Waals surface area (Å²) in [6.45, 7) is 8.09. The van der Waals surface area contributed by atoms with E-state index in [0.717, 1.165) is 49.7 Å². The van der Waals surface area contributed by atoms with E-state index in [-0.39, 0.29) is 0 Å². The van der Waals surface area contributed by atoms with Crippen molar-refractivity contribution in [1.82, 2.24) is 0 Å². The zero-order valence-electron chi connectivity index (χ0n) is 11.8. The van der Waals surface area contributed by atoms with E-state index < -0.39 is 11.7 Å². The predicted molar refractivity (Wildman–Crippen MR) is 73.4 cm³/mol. The van der Waals surface area contributed by atoms with Crippen LogP contribution in [0.15, 0.2) is 24.3 Å². The quantitative estimate of drug-likeness (QED) is 0.698. The van der Waals surface area contributed by atoms with Crippen LogP contribution in [0.1, 0.15) is 39.2 Å². The van der Waals surface area contributed by atoms with E-state index in [0.29, 0.717) is 0 Å². The fourth-order valence-electron chi connectivity index (χ4n) is 2.13. The number of anilines is 1. The van der Waals surface area contributed by atoms with Gasteiger partial charge in [0, 0.05) is 18.8 Å². The van der Waals surface area contributed by atoms with E-state index in [9.17, 15) is 13.2 Å². The van der Waals surface area contributed by atoms with Gasteiger partial charge in [0.1, 0.15) is 0 Å². The second-order valence-corrected chi connectivity index (χ2v) is 4.71. The van der Waals surface area contributed by atoms with Crippen LogP contribution in [0.5, 0.6) is 0 Å². The van der Waals surface area contributed by atoms with E-state index in [4.69, 9.17) is 0 Å². The van der Waals surface area contributed by atoms with Gasteiger partial charge in [0.05, 0.1) is 5.56 Å². The minimum Gasteiger partial charge on any atom is -0.372 e. The second-order valence-electron chi connectivity index (χ2n) is 4.71. The highest BCUT2D eigenvalue weighted by molar-refractivity contribution is 5.48. The molecule has 1 aliphatic rings. The molecule has 0 saturated carbocycles. The fraction of sp³-hybridized carbons (Fsp3) is 0.600. The molecule has 0 N–H and O–H groups in total. The van der Waals surface area contributed by atoms with E-state index in [1.807, 2.05) is 13.8 Å². The SMILES string of the molecule is CC.CC1CCN(c2ccc(C(F)(F)F)cc2)CC1. The number of rotatable bonds is 1. The molecule has 1 aromatic carbocycles. The Morgan fingerprint density at radius 2 is 1.47 bits per heavy atom. The molecule has 0 aliphatic carbocycles. The number of hydrogen-bond donors (Lipinski definition) is 0. The van der Waals surface area contributed by atoms with Gasteiger partial charge in [-0.3, -0.25) is 0 Å². The first-order valence-electron chi connectivity index (χ1n) is 6.89. The maximum absolute atomic E-state index is 12.4. The predicted octanol–water partition coefficient (Wildman–Crippen LogP) is 4.97. The Balaban J connectivity index is 0.000000861. The van der Waals surface area contributed by atoms with Crippen molar-refractivity contribution in [2.45, 2.75) is 39.8 Å². The van der Waals surface area contributed by atoms with Gasteiger partial charge in [-0.25, -0.2) is 0 Å². The highest BCUT2D eigenvalue weighted by Gasteiger charge is 2.30. The van der Waals surface area contributed by atoms with Crippen molar-refractivity contribution in [2.24, 2.45) is 5.92 Å². The standard InChI is InChI=1S/C13H16F3N.C2H6/c1-10-6-8-17(9-7-10)12-4-2-11(3-5-12)13(14,15)16;1-2/h2-5,10H,6-9H2,1H3;1-2H3. The molecule has 0 amide bonds. The van der Waals surface area contributed by atoms with Crippen molar-refractivity contribution in [3.63, 3.8) is 0 Å². The van der Waals surface area contributed by atoms with Crippen molar-refractivity contribution in [1.29, 1.82) is 0 Å². The fourth-order valence-corrected chi connectivity index (χ4v) is 2.13. The average Bonchev–Trinajstić information content (AvgIpc) is 2.41. The van der Waals surface area contributed by atoms with Crippen LogP contribution in [0.3, 0.4) is 0 Å². The third-order valence-corrected chi connectivity index (χ3v) is 3.34. The van der Waals surface area contributed by atoms with Gasteiger partial charge in [-0.15, -0.1) is 0 Å². The molecule has 19 heavy (non-hydrogen) atoms. The van der Waals surface area contributed by atoms with Crippen LogP contribution in [-0.2, 0) is 6.18 Å².